The molecule has 0 atom stereocenters. The molecule has 0 radical (unpaired) electrons. The van der Waals surface area contributed by atoms with Gasteiger partial charge in [0, 0.05) is 5.56 Å². The van der Waals surface area contributed by atoms with Gasteiger partial charge in [-0.15, -0.1) is 9.89 Å². The molecule has 14 heavy (non-hydrogen) atoms. The number of nitrogens with zero attached hydrogens (tertiary/aromatic N) is 4. The van der Waals surface area contributed by atoms with Crippen molar-refractivity contribution in [3.8, 4) is 5.75 Å². The summed E-state index contributed by atoms with van der Waals surface area (Å²) in [5.74, 6) is 0.191. The monoisotopic (exact) mass is 188 g/mol. The van der Waals surface area contributed by atoms with Gasteiger partial charge in [-0.1, -0.05) is 12.1 Å². The second-order valence-corrected chi connectivity index (χ2v) is 2.62. The second kappa shape index (κ2) is 3.69. The van der Waals surface area contributed by atoms with Gasteiger partial charge in [0.25, 0.3) is 0 Å². The summed E-state index contributed by atoms with van der Waals surface area (Å²) >= 11 is 0. The maximum atomic E-state index is 9.40. The molecule has 1 aromatic carbocycles. The minimum absolute atomic E-state index is 0.191. The van der Waals surface area contributed by atoms with Crippen LogP contribution in [-0.4, -0.2) is 26.2 Å². The quantitative estimate of drug-likeness (QED) is 0.711. The lowest BCUT2D eigenvalue weighted by atomic mass is 10.2. The van der Waals surface area contributed by atoms with Gasteiger partial charge in [-0.25, -0.2) is 4.98 Å². The highest BCUT2D eigenvalue weighted by Crippen LogP contribution is 2.12. The fourth-order valence-electron chi connectivity index (χ4n) is 0.980. The molecule has 0 unspecified atom stereocenters. The molecular weight excluding hydrogens is 180 g/mol. The third-order valence-corrected chi connectivity index (χ3v) is 1.66. The Morgan fingerprint density at radius 1 is 1.36 bits per heavy atom. The van der Waals surface area contributed by atoms with Crippen molar-refractivity contribution >= 4 is 6.21 Å². The zero-order chi connectivity index (χ0) is 9.80. The van der Waals surface area contributed by atoms with Crippen LogP contribution in [0.15, 0.2) is 42.0 Å². The van der Waals surface area contributed by atoms with Gasteiger partial charge in [-0.3, -0.25) is 0 Å². The highest BCUT2D eigenvalue weighted by Gasteiger charge is 1.94. The zero-order valence-electron chi connectivity index (χ0n) is 7.28. The molecule has 0 aliphatic carbocycles. The molecule has 0 saturated carbocycles. The number of para-hydroxylation sites is 1. The molecule has 1 aromatic heterocycles. The summed E-state index contributed by atoms with van der Waals surface area (Å²) in [5, 5.41) is 17.1. The SMILES string of the molecule is Oc1ccccc1/C=N\n1cncn1. The minimum atomic E-state index is 0.191. The summed E-state index contributed by atoms with van der Waals surface area (Å²) in [4.78, 5) is 5.04. The van der Waals surface area contributed by atoms with Crippen LogP contribution >= 0.6 is 0 Å². The van der Waals surface area contributed by atoms with E-state index in [-0.39, 0.29) is 5.75 Å². The number of phenols is 1. The number of rotatable bonds is 2. The van der Waals surface area contributed by atoms with Crippen LogP contribution in [0.25, 0.3) is 0 Å². The number of hydrogen-bond acceptors (Lipinski definition) is 4. The predicted molar refractivity (Wildman–Crippen MR) is 51.1 cm³/mol. The van der Waals surface area contributed by atoms with E-state index in [0.717, 1.165) is 0 Å². The van der Waals surface area contributed by atoms with E-state index in [4.69, 9.17) is 0 Å². The van der Waals surface area contributed by atoms with Gasteiger partial charge in [0.05, 0.1) is 6.21 Å². The van der Waals surface area contributed by atoms with E-state index in [9.17, 15) is 5.11 Å². The summed E-state index contributed by atoms with van der Waals surface area (Å²) in [6, 6.07) is 6.93. The van der Waals surface area contributed by atoms with Gasteiger partial charge >= 0.3 is 0 Å². The highest BCUT2D eigenvalue weighted by atomic mass is 16.3. The lowest BCUT2D eigenvalue weighted by Gasteiger charge is -1.95. The lowest BCUT2D eigenvalue weighted by molar-refractivity contribution is 0.474. The predicted octanol–water partition coefficient (Wildman–Crippen LogP) is 0.866. The van der Waals surface area contributed by atoms with Crippen LogP contribution in [0.3, 0.4) is 0 Å². The van der Waals surface area contributed by atoms with Crippen molar-refractivity contribution in [2.75, 3.05) is 0 Å². The van der Waals surface area contributed by atoms with E-state index in [0.29, 0.717) is 5.56 Å². The van der Waals surface area contributed by atoms with Crippen molar-refractivity contribution in [2.24, 2.45) is 5.10 Å². The van der Waals surface area contributed by atoms with Gasteiger partial charge in [-0.2, -0.15) is 5.10 Å². The average molecular weight is 188 g/mol. The first-order chi connectivity index (χ1) is 6.86. The van der Waals surface area contributed by atoms with E-state index >= 15 is 0 Å². The minimum Gasteiger partial charge on any atom is -0.507 e. The van der Waals surface area contributed by atoms with Crippen molar-refractivity contribution in [3.05, 3.63) is 42.5 Å². The third-order valence-electron chi connectivity index (χ3n) is 1.66. The molecule has 0 fully saturated rings. The number of hydrogen-bond donors (Lipinski definition) is 1. The molecule has 5 heteroatoms. The molecule has 1 N–H and O–H groups in total. The number of phenolic OH excluding ortho intramolecular Hbond substituents is 1. The molecule has 70 valence electrons. The smallest absolute Gasteiger partial charge is 0.139 e. The zero-order valence-corrected chi connectivity index (χ0v) is 7.28. The summed E-state index contributed by atoms with van der Waals surface area (Å²) in [7, 11) is 0. The first-order valence-corrected chi connectivity index (χ1v) is 4.03. The van der Waals surface area contributed by atoms with Crippen LogP contribution in [0.2, 0.25) is 0 Å². The molecule has 0 bridgehead atoms. The van der Waals surface area contributed by atoms with Crippen molar-refractivity contribution < 1.29 is 5.11 Å². The Bertz CT molecular complexity index is 436. The first-order valence-electron chi connectivity index (χ1n) is 4.03. The normalized spacial score (nSPS) is 10.9. The standard InChI is InChI=1S/C9H8N4O/c14-9-4-2-1-3-8(9)5-11-13-7-10-6-12-13/h1-7,14H/b11-5-. The molecular formula is C9H8N4O. The van der Waals surface area contributed by atoms with E-state index in [1.165, 1.54) is 23.7 Å². The molecule has 0 aliphatic heterocycles. The van der Waals surface area contributed by atoms with Crippen molar-refractivity contribution in [3.63, 3.8) is 0 Å². The average Bonchev–Trinajstić information content (AvgIpc) is 2.69. The van der Waals surface area contributed by atoms with Crippen LogP contribution < -0.4 is 0 Å². The number of aromatic nitrogens is 3. The van der Waals surface area contributed by atoms with E-state index < -0.39 is 0 Å². The summed E-state index contributed by atoms with van der Waals surface area (Å²) < 4.78 is 0. The van der Waals surface area contributed by atoms with Crippen molar-refractivity contribution in [1.29, 1.82) is 0 Å². The van der Waals surface area contributed by atoms with Gasteiger partial charge < -0.3 is 5.11 Å². The highest BCUT2D eigenvalue weighted by molar-refractivity contribution is 5.82. The molecule has 0 saturated heterocycles. The fraction of sp³-hybridized carbons (Fsp3) is 0. The van der Waals surface area contributed by atoms with Crippen molar-refractivity contribution in [2.45, 2.75) is 0 Å². The third kappa shape index (κ3) is 1.77. The Hall–Kier alpha value is -2.17. The maximum Gasteiger partial charge on any atom is 0.139 e. The van der Waals surface area contributed by atoms with Crippen LogP contribution in [0.1, 0.15) is 5.56 Å². The Morgan fingerprint density at radius 3 is 2.93 bits per heavy atom. The fourth-order valence-corrected chi connectivity index (χ4v) is 0.980. The topological polar surface area (TPSA) is 63.3 Å². The summed E-state index contributed by atoms with van der Waals surface area (Å²) in [6.07, 6.45) is 4.38. The summed E-state index contributed by atoms with van der Waals surface area (Å²) in [5.41, 5.74) is 0.642. The van der Waals surface area contributed by atoms with Gasteiger partial charge in [0.1, 0.15) is 18.4 Å². The molecule has 1 heterocycles. The Morgan fingerprint density at radius 2 is 2.21 bits per heavy atom. The molecule has 0 aliphatic rings. The van der Waals surface area contributed by atoms with Crippen LogP contribution in [0, 0.1) is 0 Å². The Labute approximate surface area is 80.3 Å². The second-order valence-electron chi connectivity index (χ2n) is 2.62. The van der Waals surface area contributed by atoms with E-state index in [1.54, 1.807) is 18.2 Å². The molecule has 0 amide bonds. The number of benzene rings is 1. The van der Waals surface area contributed by atoms with Crippen LogP contribution in [0.5, 0.6) is 5.75 Å². The summed E-state index contributed by atoms with van der Waals surface area (Å²) in [6.45, 7) is 0. The molecule has 2 aromatic rings. The Balaban J connectivity index is 2.23. The largest absolute Gasteiger partial charge is 0.507 e. The maximum absolute atomic E-state index is 9.40. The first kappa shape index (κ1) is 8.43. The number of aromatic hydroxyl groups is 1. The van der Waals surface area contributed by atoms with E-state index in [1.807, 2.05) is 6.07 Å². The van der Waals surface area contributed by atoms with Gasteiger partial charge in [0.2, 0.25) is 0 Å². The van der Waals surface area contributed by atoms with Gasteiger partial charge in [0.15, 0.2) is 0 Å². The molecule has 2 rings (SSSR count). The van der Waals surface area contributed by atoms with Crippen LogP contribution in [0.4, 0.5) is 0 Å². The Kier molecular flexibility index (Phi) is 2.22. The van der Waals surface area contributed by atoms with Gasteiger partial charge in [-0.05, 0) is 12.1 Å². The molecule has 0 spiro atoms. The van der Waals surface area contributed by atoms with E-state index in [2.05, 4.69) is 15.2 Å². The van der Waals surface area contributed by atoms with Crippen LogP contribution in [-0.2, 0) is 0 Å². The lowest BCUT2D eigenvalue weighted by Crippen LogP contribution is -1.90. The van der Waals surface area contributed by atoms with Crippen molar-refractivity contribution in [1.82, 2.24) is 14.9 Å². The molecule has 5 nitrogen and oxygen atoms in total.